The SMILES string of the molecule is NC1=NCC[C@]2(O1)c1cc(N)ccc1Oc1c2cc(C2CC2)nc1F. The van der Waals surface area contributed by atoms with E-state index in [9.17, 15) is 4.39 Å². The Kier molecular flexibility index (Phi) is 2.81. The van der Waals surface area contributed by atoms with Crippen LogP contribution in [0.1, 0.15) is 42.0 Å². The minimum absolute atomic E-state index is 0.0812. The molecule has 3 aliphatic rings. The average Bonchev–Trinajstić information content (AvgIpc) is 3.42. The molecule has 0 unspecified atom stereocenters. The van der Waals surface area contributed by atoms with E-state index in [1.807, 2.05) is 6.07 Å². The molecule has 1 aromatic heterocycles. The van der Waals surface area contributed by atoms with E-state index >= 15 is 0 Å². The standard InChI is InChI=1S/C18H17FN4O2/c19-16-15-12(8-13(23-16)9-1-2-9)18(5-6-22-17(21)25-18)11-7-10(20)3-4-14(11)24-15/h3-4,7-9H,1-2,5-6,20H2,(H2,21,22)/t18-/m0/s1. The highest BCUT2D eigenvalue weighted by atomic mass is 19.1. The Hall–Kier alpha value is -2.83. The molecule has 1 atom stereocenters. The Balaban J connectivity index is 1.79. The van der Waals surface area contributed by atoms with Gasteiger partial charge in [0.25, 0.3) is 12.0 Å². The van der Waals surface area contributed by atoms with Crippen molar-refractivity contribution >= 4 is 11.7 Å². The third kappa shape index (κ3) is 2.08. The van der Waals surface area contributed by atoms with Gasteiger partial charge in [-0.25, -0.2) is 9.98 Å². The largest absolute Gasteiger partial charge is 0.452 e. The summed E-state index contributed by atoms with van der Waals surface area (Å²) in [7, 11) is 0. The smallest absolute Gasteiger partial charge is 0.283 e. The van der Waals surface area contributed by atoms with Crippen LogP contribution < -0.4 is 16.2 Å². The quantitative estimate of drug-likeness (QED) is 0.615. The number of pyridine rings is 1. The summed E-state index contributed by atoms with van der Waals surface area (Å²) < 4.78 is 26.6. The molecule has 2 aromatic rings. The fourth-order valence-electron chi connectivity index (χ4n) is 3.68. The maximum Gasteiger partial charge on any atom is 0.283 e. The molecule has 1 saturated carbocycles. The lowest BCUT2D eigenvalue weighted by molar-refractivity contribution is 0.0623. The van der Waals surface area contributed by atoms with Gasteiger partial charge >= 0.3 is 0 Å². The molecular formula is C18H17FN4O2. The van der Waals surface area contributed by atoms with E-state index in [1.165, 1.54) is 0 Å². The van der Waals surface area contributed by atoms with Gasteiger partial charge in [-0.3, -0.25) is 0 Å². The van der Waals surface area contributed by atoms with Gasteiger partial charge in [0.15, 0.2) is 11.4 Å². The van der Waals surface area contributed by atoms with Crippen molar-refractivity contribution < 1.29 is 13.9 Å². The van der Waals surface area contributed by atoms with Crippen LogP contribution >= 0.6 is 0 Å². The molecule has 7 heteroatoms. The zero-order valence-corrected chi connectivity index (χ0v) is 13.5. The Labute approximate surface area is 143 Å². The van der Waals surface area contributed by atoms with Crippen LogP contribution in [0, 0.1) is 5.95 Å². The first-order valence-electron chi connectivity index (χ1n) is 8.34. The molecule has 6 nitrogen and oxygen atoms in total. The number of halogens is 1. The summed E-state index contributed by atoms with van der Waals surface area (Å²) in [5.41, 5.74) is 13.6. The number of benzene rings is 1. The molecule has 128 valence electrons. The number of fused-ring (bicyclic) bond motifs is 4. The van der Waals surface area contributed by atoms with E-state index < -0.39 is 11.5 Å². The molecular weight excluding hydrogens is 323 g/mol. The van der Waals surface area contributed by atoms with E-state index in [0.717, 1.165) is 24.1 Å². The van der Waals surface area contributed by atoms with Gasteiger partial charge in [-0.1, -0.05) is 0 Å². The third-order valence-corrected chi connectivity index (χ3v) is 5.04. The van der Waals surface area contributed by atoms with Crippen LogP contribution in [0.25, 0.3) is 0 Å². The van der Waals surface area contributed by atoms with Gasteiger partial charge in [0, 0.05) is 41.4 Å². The minimum atomic E-state index is -0.961. The number of hydrogen-bond acceptors (Lipinski definition) is 6. The Morgan fingerprint density at radius 1 is 1.16 bits per heavy atom. The van der Waals surface area contributed by atoms with E-state index in [4.69, 9.17) is 20.9 Å². The van der Waals surface area contributed by atoms with Crippen LogP contribution in [0.15, 0.2) is 29.3 Å². The van der Waals surface area contributed by atoms with Crippen molar-refractivity contribution in [2.24, 2.45) is 10.7 Å². The normalized spacial score (nSPS) is 24.0. The highest BCUT2D eigenvalue weighted by molar-refractivity contribution is 5.75. The average molecular weight is 340 g/mol. The van der Waals surface area contributed by atoms with Gasteiger partial charge in [-0.15, -0.1) is 0 Å². The summed E-state index contributed by atoms with van der Waals surface area (Å²) in [5.74, 6) is 0.271. The third-order valence-electron chi connectivity index (χ3n) is 5.04. The first kappa shape index (κ1) is 14.5. The summed E-state index contributed by atoms with van der Waals surface area (Å²) in [6.07, 6.45) is 2.56. The molecule has 1 spiro atoms. The summed E-state index contributed by atoms with van der Waals surface area (Å²) in [6.45, 7) is 0.474. The molecule has 1 aliphatic carbocycles. The van der Waals surface area contributed by atoms with Gasteiger partial charge in [-0.2, -0.15) is 4.39 Å². The number of anilines is 1. The lowest BCUT2D eigenvalue weighted by Gasteiger charge is -2.41. The van der Waals surface area contributed by atoms with Crippen molar-refractivity contribution in [3.05, 3.63) is 47.0 Å². The molecule has 25 heavy (non-hydrogen) atoms. The second kappa shape index (κ2) is 4.84. The maximum absolute atomic E-state index is 14.8. The first-order chi connectivity index (χ1) is 12.1. The van der Waals surface area contributed by atoms with Crippen LogP contribution in [-0.4, -0.2) is 17.6 Å². The number of nitrogens with zero attached hydrogens (tertiary/aromatic N) is 2. The fraction of sp³-hybridized carbons (Fsp3) is 0.333. The van der Waals surface area contributed by atoms with Crippen molar-refractivity contribution in [3.8, 4) is 11.5 Å². The number of aromatic nitrogens is 1. The zero-order valence-electron chi connectivity index (χ0n) is 13.5. The van der Waals surface area contributed by atoms with Crippen molar-refractivity contribution in [3.63, 3.8) is 0 Å². The fourth-order valence-corrected chi connectivity index (χ4v) is 3.68. The molecule has 5 rings (SSSR count). The van der Waals surface area contributed by atoms with Crippen LogP contribution in [-0.2, 0) is 10.3 Å². The highest BCUT2D eigenvalue weighted by Crippen LogP contribution is 2.53. The molecule has 0 radical (unpaired) electrons. The van der Waals surface area contributed by atoms with Crippen molar-refractivity contribution in [2.45, 2.75) is 30.8 Å². The molecule has 1 aromatic carbocycles. The van der Waals surface area contributed by atoms with Gasteiger partial charge in [-0.05, 0) is 37.1 Å². The number of aliphatic imine (C=N–C) groups is 1. The molecule has 0 saturated heterocycles. The lowest BCUT2D eigenvalue weighted by atomic mass is 9.80. The second-order valence-electron chi connectivity index (χ2n) is 6.75. The summed E-state index contributed by atoms with van der Waals surface area (Å²) in [6, 6.07) is 7.20. The van der Waals surface area contributed by atoms with Crippen molar-refractivity contribution in [1.29, 1.82) is 0 Å². The predicted molar refractivity (Wildman–Crippen MR) is 90.1 cm³/mol. The number of rotatable bonds is 1. The molecule has 1 fully saturated rings. The molecule has 2 aliphatic heterocycles. The molecule has 4 N–H and O–H groups in total. The zero-order chi connectivity index (χ0) is 17.2. The Morgan fingerprint density at radius 2 is 2.00 bits per heavy atom. The summed E-state index contributed by atoms with van der Waals surface area (Å²) >= 11 is 0. The van der Waals surface area contributed by atoms with Crippen molar-refractivity contribution in [1.82, 2.24) is 4.98 Å². The van der Waals surface area contributed by atoms with Gasteiger partial charge in [0.1, 0.15) is 5.75 Å². The number of nitrogen functional groups attached to an aromatic ring is 1. The van der Waals surface area contributed by atoms with E-state index in [2.05, 4.69) is 9.98 Å². The van der Waals surface area contributed by atoms with Crippen LogP contribution in [0.5, 0.6) is 11.5 Å². The van der Waals surface area contributed by atoms with Gasteiger partial charge in [0.2, 0.25) is 0 Å². The molecule has 0 amide bonds. The van der Waals surface area contributed by atoms with E-state index in [-0.39, 0.29) is 11.8 Å². The summed E-state index contributed by atoms with van der Waals surface area (Å²) in [4.78, 5) is 8.23. The van der Waals surface area contributed by atoms with Crippen LogP contribution in [0.2, 0.25) is 0 Å². The second-order valence-corrected chi connectivity index (χ2v) is 6.75. The number of nitrogens with two attached hydrogens (primary N) is 2. The minimum Gasteiger partial charge on any atom is -0.452 e. The first-order valence-corrected chi connectivity index (χ1v) is 8.34. The van der Waals surface area contributed by atoms with Crippen LogP contribution in [0.3, 0.4) is 0 Å². The maximum atomic E-state index is 14.8. The summed E-state index contributed by atoms with van der Waals surface area (Å²) in [5, 5.41) is 0. The van der Waals surface area contributed by atoms with Gasteiger partial charge < -0.3 is 20.9 Å². The number of amidine groups is 1. The Bertz CT molecular complexity index is 926. The van der Waals surface area contributed by atoms with E-state index in [0.29, 0.717) is 35.9 Å². The van der Waals surface area contributed by atoms with E-state index in [1.54, 1.807) is 18.2 Å². The number of ether oxygens (including phenoxy) is 2. The van der Waals surface area contributed by atoms with Crippen molar-refractivity contribution in [2.75, 3.05) is 12.3 Å². The highest BCUT2D eigenvalue weighted by Gasteiger charge is 2.48. The number of hydrogen-bond donors (Lipinski definition) is 2. The monoisotopic (exact) mass is 340 g/mol. The predicted octanol–water partition coefficient (Wildman–Crippen LogP) is 2.76. The van der Waals surface area contributed by atoms with Crippen LogP contribution in [0.4, 0.5) is 10.1 Å². The lowest BCUT2D eigenvalue weighted by Crippen LogP contribution is -2.42. The Morgan fingerprint density at radius 3 is 2.76 bits per heavy atom. The molecule has 3 heterocycles. The molecule has 0 bridgehead atoms. The topological polar surface area (TPSA) is 95.8 Å². The van der Waals surface area contributed by atoms with Gasteiger partial charge in [0.05, 0.1) is 0 Å².